The highest BCUT2D eigenvalue weighted by Gasteiger charge is 2.31. The molecule has 0 aromatic heterocycles. The molecule has 5 heteroatoms. The average molecular weight is 217 g/mol. The second-order valence-electron chi connectivity index (χ2n) is 4.92. The molecule has 0 bridgehead atoms. The van der Waals surface area contributed by atoms with Gasteiger partial charge in [0.15, 0.2) is 0 Å². The molecule has 0 spiro atoms. The normalized spacial score (nSPS) is 28.1. The number of hydrogen-bond acceptors (Lipinski definition) is 5. The Morgan fingerprint density at radius 3 is 2.20 bits per heavy atom. The summed E-state index contributed by atoms with van der Waals surface area (Å²) < 4.78 is 5.13. The summed E-state index contributed by atoms with van der Waals surface area (Å²) in [5, 5.41) is 18.5. The Hall–Kier alpha value is -0.650. The van der Waals surface area contributed by atoms with Gasteiger partial charge in [-0.1, -0.05) is 0 Å². The van der Waals surface area contributed by atoms with Crippen molar-refractivity contribution in [1.82, 2.24) is 4.90 Å². The zero-order chi connectivity index (χ0) is 11.6. The third kappa shape index (κ3) is 4.15. The van der Waals surface area contributed by atoms with E-state index in [2.05, 4.69) is 0 Å². The summed E-state index contributed by atoms with van der Waals surface area (Å²) in [4.78, 5) is 13.1. The Labute approximate surface area is 89.6 Å². The zero-order valence-corrected chi connectivity index (χ0v) is 9.43. The van der Waals surface area contributed by atoms with Gasteiger partial charge in [0.25, 0.3) is 0 Å². The second kappa shape index (κ2) is 4.47. The van der Waals surface area contributed by atoms with Crippen molar-refractivity contribution in [2.75, 3.05) is 19.6 Å². The summed E-state index contributed by atoms with van der Waals surface area (Å²) in [6.07, 6.45) is -1.51. The van der Waals surface area contributed by atoms with E-state index >= 15 is 0 Å². The molecular weight excluding hydrogens is 198 g/mol. The van der Waals surface area contributed by atoms with E-state index in [1.54, 1.807) is 25.7 Å². The Balaban J connectivity index is 2.34. The highest BCUT2D eigenvalue weighted by atomic mass is 16.6. The first kappa shape index (κ1) is 12.4. The lowest BCUT2D eigenvalue weighted by atomic mass is 10.2. The van der Waals surface area contributed by atoms with E-state index in [-0.39, 0.29) is 12.5 Å². The first-order chi connectivity index (χ1) is 6.78. The number of rotatable bonds is 2. The van der Waals surface area contributed by atoms with Crippen LogP contribution in [0.15, 0.2) is 0 Å². The van der Waals surface area contributed by atoms with Crippen LogP contribution >= 0.6 is 0 Å². The Morgan fingerprint density at radius 1 is 1.33 bits per heavy atom. The minimum Gasteiger partial charge on any atom is -0.459 e. The molecular formula is C10H19NO4. The van der Waals surface area contributed by atoms with Gasteiger partial charge in [-0.3, -0.25) is 9.69 Å². The number of hydrogen-bond donors (Lipinski definition) is 2. The van der Waals surface area contributed by atoms with Gasteiger partial charge in [0.2, 0.25) is 0 Å². The maximum atomic E-state index is 11.4. The minimum atomic E-state index is -0.757. The maximum Gasteiger partial charge on any atom is 0.320 e. The standard InChI is InChI=1S/C10H19NO4/c1-10(2,3)15-9(14)6-11-4-7(12)8(13)5-11/h7-8,12-13H,4-6H2,1-3H3/t7-,8+. The largest absolute Gasteiger partial charge is 0.459 e. The van der Waals surface area contributed by atoms with E-state index in [1.807, 2.05) is 0 Å². The monoisotopic (exact) mass is 217 g/mol. The van der Waals surface area contributed by atoms with Gasteiger partial charge >= 0.3 is 5.97 Å². The van der Waals surface area contributed by atoms with Crippen molar-refractivity contribution in [3.05, 3.63) is 0 Å². The summed E-state index contributed by atoms with van der Waals surface area (Å²) in [5.41, 5.74) is -0.492. The van der Waals surface area contributed by atoms with Gasteiger partial charge in [-0.15, -0.1) is 0 Å². The molecule has 0 aromatic rings. The fraction of sp³-hybridized carbons (Fsp3) is 0.900. The highest BCUT2D eigenvalue weighted by molar-refractivity contribution is 5.72. The van der Waals surface area contributed by atoms with Crippen LogP contribution in [0.1, 0.15) is 20.8 Å². The van der Waals surface area contributed by atoms with Crippen molar-refractivity contribution in [3.8, 4) is 0 Å². The smallest absolute Gasteiger partial charge is 0.320 e. The van der Waals surface area contributed by atoms with Gasteiger partial charge in [0.1, 0.15) is 5.60 Å². The van der Waals surface area contributed by atoms with E-state index in [1.165, 1.54) is 0 Å². The quantitative estimate of drug-likeness (QED) is 0.602. The molecule has 1 heterocycles. The van der Waals surface area contributed by atoms with Crippen LogP contribution in [-0.4, -0.2) is 58.5 Å². The van der Waals surface area contributed by atoms with Crippen LogP contribution in [0.3, 0.4) is 0 Å². The summed E-state index contributed by atoms with van der Waals surface area (Å²) in [6, 6.07) is 0. The molecule has 5 nitrogen and oxygen atoms in total. The van der Waals surface area contributed by atoms with Crippen molar-refractivity contribution in [2.45, 2.75) is 38.6 Å². The topological polar surface area (TPSA) is 70.0 Å². The fourth-order valence-corrected chi connectivity index (χ4v) is 1.53. The number of nitrogens with zero attached hydrogens (tertiary/aromatic N) is 1. The van der Waals surface area contributed by atoms with E-state index < -0.39 is 17.8 Å². The molecule has 0 amide bonds. The molecule has 0 unspecified atom stereocenters. The summed E-state index contributed by atoms with van der Waals surface area (Å²) >= 11 is 0. The summed E-state index contributed by atoms with van der Waals surface area (Å²) in [5.74, 6) is -0.330. The minimum absolute atomic E-state index is 0.116. The van der Waals surface area contributed by atoms with Crippen LogP contribution in [0.5, 0.6) is 0 Å². The van der Waals surface area contributed by atoms with Crippen LogP contribution in [0.4, 0.5) is 0 Å². The number of likely N-dealkylation sites (tertiary alicyclic amines) is 1. The summed E-state index contributed by atoms with van der Waals surface area (Å²) in [6.45, 7) is 6.17. The molecule has 0 saturated carbocycles. The maximum absolute atomic E-state index is 11.4. The molecule has 1 saturated heterocycles. The molecule has 1 fully saturated rings. The van der Waals surface area contributed by atoms with Gasteiger partial charge in [0, 0.05) is 13.1 Å². The van der Waals surface area contributed by atoms with Crippen LogP contribution in [-0.2, 0) is 9.53 Å². The first-order valence-corrected chi connectivity index (χ1v) is 5.08. The Kier molecular flexibility index (Phi) is 3.70. The van der Waals surface area contributed by atoms with Crippen LogP contribution in [0, 0.1) is 0 Å². The van der Waals surface area contributed by atoms with Gasteiger partial charge in [-0.25, -0.2) is 0 Å². The number of aliphatic hydroxyl groups is 2. The predicted octanol–water partition coefficient (Wildman–Crippen LogP) is -0.635. The van der Waals surface area contributed by atoms with Crippen molar-refractivity contribution in [3.63, 3.8) is 0 Å². The van der Waals surface area contributed by atoms with Gasteiger partial charge in [-0.05, 0) is 20.8 Å². The molecule has 2 N–H and O–H groups in total. The van der Waals surface area contributed by atoms with Crippen LogP contribution < -0.4 is 0 Å². The van der Waals surface area contributed by atoms with Gasteiger partial charge in [-0.2, -0.15) is 0 Å². The molecule has 88 valence electrons. The Morgan fingerprint density at radius 2 is 1.80 bits per heavy atom. The van der Waals surface area contributed by atoms with Crippen LogP contribution in [0.2, 0.25) is 0 Å². The van der Waals surface area contributed by atoms with E-state index in [0.717, 1.165) is 0 Å². The molecule has 1 rings (SSSR count). The van der Waals surface area contributed by atoms with Crippen molar-refractivity contribution in [1.29, 1.82) is 0 Å². The first-order valence-electron chi connectivity index (χ1n) is 5.08. The lowest BCUT2D eigenvalue weighted by Gasteiger charge is -2.21. The molecule has 1 aliphatic heterocycles. The van der Waals surface area contributed by atoms with Crippen molar-refractivity contribution in [2.24, 2.45) is 0 Å². The van der Waals surface area contributed by atoms with Crippen LogP contribution in [0.25, 0.3) is 0 Å². The highest BCUT2D eigenvalue weighted by Crippen LogP contribution is 2.12. The third-order valence-corrected chi connectivity index (χ3v) is 2.11. The SMILES string of the molecule is CC(C)(C)OC(=O)CN1C[C@@H](O)[C@@H](O)C1. The molecule has 0 aromatic carbocycles. The van der Waals surface area contributed by atoms with Crippen molar-refractivity contribution < 1.29 is 19.7 Å². The van der Waals surface area contributed by atoms with Gasteiger partial charge < -0.3 is 14.9 Å². The van der Waals surface area contributed by atoms with E-state index in [9.17, 15) is 15.0 Å². The number of β-amino-alcohol motifs (C(OH)–C–C–N with tert-alkyl or cyclic N) is 2. The molecule has 1 aliphatic rings. The number of carbonyl (C=O) groups excluding carboxylic acids is 1. The van der Waals surface area contributed by atoms with Gasteiger partial charge in [0.05, 0.1) is 18.8 Å². The molecule has 2 atom stereocenters. The lowest BCUT2D eigenvalue weighted by molar-refractivity contribution is -0.155. The van der Waals surface area contributed by atoms with E-state index in [0.29, 0.717) is 13.1 Å². The van der Waals surface area contributed by atoms with Crippen molar-refractivity contribution >= 4 is 5.97 Å². The molecule has 15 heavy (non-hydrogen) atoms. The predicted molar refractivity (Wildman–Crippen MR) is 54.3 cm³/mol. The molecule has 0 radical (unpaired) electrons. The second-order valence-corrected chi connectivity index (χ2v) is 4.92. The summed E-state index contributed by atoms with van der Waals surface area (Å²) in [7, 11) is 0. The number of ether oxygens (including phenoxy) is 1. The average Bonchev–Trinajstić information content (AvgIpc) is 2.26. The third-order valence-electron chi connectivity index (χ3n) is 2.11. The number of carbonyl (C=O) groups is 1. The van der Waals surface area contributed by atoms with E-state index in [4.69, 9.17) is 4.74 Å². The molecule has 0 aliphatic carbocycles. The number of esters is 1. The fourth-order valence-electron chi connectivity index (χ4n) is 1.53. The zero-order valence-electron chi connectivity index (χ0n) is 9.43. The Bertz CT molecular complexity index is 226. The lowest BCUT2D eigenvalue weighted by Crippen LogP contribution is -2.34. The number of aliphatic hydroxyl groups excluding tert-OH is 2.